The van der Waals surface area contributed by atoms with Gasteiger partial charge in [-0.3, -0.25) is 4.79 Å². The van der Waals surface area contributed by atoms with E-state index in [4.69, 9.17) is 0 Å². The number of carbonyl (C=O) groups is 1. The molecule has 26 heavy (non-hydrogen) atoms. The first-order valence-electron chi connectivity index (χ1n) is 8.48. The first kappa shape index (κ1) is 19.1. The number of para-hydroxylation sites is 1. The summed E-state index contributed by atoms with van der Waals surface area (Å²) in [6.45, 7) is 0.717. The SMILES string of the molecule is CN(C(=O)C1CCN(S(=O)(=O)c2ccc(Br)cc2)CC1)c1ccccc1. The van der Waals surface area contributed by atoms with Crippen molar-refractivity contribution >= 4 is 37.5 Å². The fraction of sp³-hybridized carbons (Fsp3) is 0.316. The van der Waals surface area contributed by atoms with Gasteiger partial charge in [0.2, 0.25) is 15.9 Å². The average molecular weight is 437 g/mol. The molecule has 2 aromatic carbocycles. The van der Waals surface area contributed by atoms with Gasteiger partial charge in [-0.15, -0.1) is 0 Å². The van der Waals surface area contributed by atoms with Gasteiger partial charge in [-0.1, -0.05) is 34.1 Å². The van der Waals surface area contributed by atoms with Crippen molar-refractivity contribution in [2.45, 2.75) is 17.7 Å². The van der Waals surface area contributed by atoms with Gasteiger partial charge in [0.05, 0.1) is 4.90 Å². The summed E-state index contributed by atoms with van der Waals surface area (Å²) in [6, 6.07) is 16.1. The molecule has 1 heterocycles. The van der Waals surface area contributed by atoms with E-state index in [0.717, 1.165) is 10.2 Å². The van der Waals surface area contributed by atoms with E-state index in [9.17, 15) is 13.2 Å². The maximum absolute atomic E-state index is 12.7. The van der Waals surface area contributed by atoms with Crippen LogP contribution in [0.1, 0.15) is 12.8 Å². The second-order valence-corrected chi connectivity index (χ2v) is 9.22. The molecule has 2 aromatic rings. The zero-order valence-corrected chi connectivity index (χ0v) is 16.9. The predicted octanol–water partition coefficient (Wildman–Crippen LogP) is 3.51. The van der Waals surface area contributed by atoms with Crippen LogP contribution in [0.5, 0.6) is 0 Å². The molecule has 0 aromatic heterocycles. The third kappa shape index (κ3) is 4.00. The number of amides is 1. The van der Waals surface area contributed by atoms with E-state index in [1.54, 1.807) is 36.2 Å². The van der Waals surface area contributed by atoms with Crippen molar-refractivity contribution in [2.24, 2.45) is 5.92 Å². The summed E-state index contributed by atoms with van der Waals surface area (Å²) in [5, 5.41) is 0. The van der Waals surface area contributed by atoms with Crippen LogP contribution in [0.3, 0.4) is 0 Å². The molecule has 0 spiro atoms. The first-order valence-corrected chi connectivity index (χ1v) is 10.7. The van der Waals surface area contributed by atoms with Crippen LogP contribution in [0.2, 0.25) is 0 Å². The molecule has 0 atom stereocenters. The van der Waals surface area contributed by atoms with E-state index >= 15 is 0 Å². The van der Waals surface area contributed by atoms with Gasteiger partial charge >= 0.3 is 0 Å². The fourth-order valence-electron chi connectivity index (χ4n) is 3.15. The van der Waals surface area contributed by atoms with Crippen molar-refractivity contribution < 1.29 is 13.2 Å². The number of rotatable bonds is 4. The molecule has 1 aliphatic heterocycles. The Morgan fingerprint density at radius 3 is 2.19 bits per heavy atom. The quantitative estimate of drug-likeness (QED) is 0.736. The zero-order chi connectivity index (χ0) is 18.7. The lowest BCUT2D eigenvalue weighted by Crippen LogP contribution is -2.43. The number of hydrogen-bond donors (Lipinski definition) is 0. The maximum Gasteiger partial charge on any atom is 0.243 e. The highest BCUT2D eigenvalue weighted by molar-refractivity contribution is 9.10. The summed E-state index contributed by atoms with van der Waals surface area (Å²) < 4.78 is 27.8. The summed E-state index contributed by atoms with van der Waals surface area (Å²) in [6.07, 6.45) is 1.07. The fourth-order valence-corrected chi connectivity index (χ4v) is 4.89. The summed E-state index contributed by atoms with van der Waals surface area (Å²) in [7, 11) is -1.75. The van der Waals surface area contributed by atoms with Crippen molar-refractivity contribution in [3.8, 4) is 0 Å². The van der Waals surface area contributed by atoms with Gasteiger partial charge in [0.15, 0.2) is 0 Å². The van der Waals surface area contributed by atoms with Crippen molar-refractivity contribution in [2.75, 3.05) is 25.0 Å². The summed E-state index contributed by atoms with van der Waals surface area (Å²) in [5.41, 5.74) is 0.849. The van der Waals surface area contributed by atoms with Gasteiger partial charge in [0.1, 0.15) is 0 Å². The van der Waals surface area contributed by atoms with Gasteiger partial charge in [0.25, 0.3) is 0 Å². The third-order valence-corrected chi connectivity index (χ3v) is 7.17. The van der Waals surface area contributed by atoms with Gasteiger partial charge in [0, 0.05) is 36.2 Å². The molecule has 7 heteroatoms. The monoisotopic (exact) mass is 436 g/mol. The third-order valence-electron chi connectivity index (χ3n) is 4.73. The van der Waals surface area contributed by atoms with Crippen molar-refractivity contribution in [1.29, 1.82) is 0 Å². The van der Waals surface area contributed by atoms with Crippen LogP contribution in [0, 0.1) is 5.92 Å². The number of halogens is 1. The number of carbonyl (C=O) groups excluding carboxylic acids is 1. The van der Waals surface area contributed by atoms with Gasteiger partial charge in [-0.05, 0) is 49.2 Å². The Morgan fingerprint density at radius 1 is 1.04 bits per heavy atom. The summed E-state index contributed by atoms with van der Waals surface area (Å²) in [4.78, 5) is 14.7. The normalized spacial score (nSPS) is 16.4. The molecule has 0 unspecified atom stereocenters. The number of anilines is 1. The Labute approximate surface area is 162 Å². The minimum Gasteiger partial charge on any atom is -0.315 e. The van der Waals surface area contributed by atoms with Crippen LogP contribution in [-0.2, 0) is 14.8 Å². The van der Waals surface area contributed by atoms with E-state index in [1.165, 1.54) is 4.31 Å². The second kappa shape index (κ2) is 7.90. The highest BCUT2D eigenvalue weighted by Gasteiger charge is 2.33. The summed E-state index contributed by atoms with van der Waals surface area (Å²) >= 11 is 3.31. The van der Waals surface area contributed by atoms with Crippen LogP contribution < -0.4 is 4.90 Å². The molecule has 1 fully saturated rings. The van der Waals surface area contributed by atoms with Gasteiger partial charge in [-0.2, -0.15) is 4.31 Å². The molecule has 0 aliphatic carbocycles. The number of sulfonamides is 1. The van der Waals surface area contributed by atoms with Gasteiger partial charge in [-0.25, -0.2) is 8.42 Å². The molecule has 0 saturated carbocycles. The molecule has 0 bridgehead atoms. The molecular weight excluding hydrogens is 416 g/mol. The van der Waals surface area contributed by atoms with Crippen LogP contribution in [0.4, 0.5) is 5.69 Å². The van der Waals surface area contributed by atoms with E-state index in [2.05, 4.69) is 15.9 Å². The van der Waals surface area contributed by atoms with Crippen LogP contribution in [-0.4, -0.2) is 38.8 Å². The topological polar surface area (TPSA) is 57.7 Å². The molecule has 1 amide bonds. The Kier molecular flexibility index (Phi) is 5.79. The summed E-state index contributed by atoms with van der Waals surface area (Å²) in [5.74, 6) is -0.117. The minimum absolute atomic E-state index is 0.0388. The largest absolute Gasteiger partial charge is 0.315 e. The average Bonchev–Trinajstić information content (AvgIpc) is 2.68. The lowest BCUT2D eigenvalue weighted by Gasteiger charge is -2.32. The van der Waals surface area contributed by atoms with Gasteiger partial charge < -0.3 is 4.90 Å². The standard InChI is InChI=1S/C19H21BrN2O3S/c1-21(17-5-3-2-4-6-17)19(23)15-11-13-22(14-12-15)26(24,25)18-9-7-16(20)8-10-18/h2-10,15H,11-14H2,1H3. The van der Waals surface area contributed by atoms with E-state index in [-0.39, 0.29) is 16.7 Å². The number of piperidine rings is 1. The number of nitrogens with zero attached hydrogens (tertiary/aromatic N) is 2. The van der Waals surface area contributed by atoms with E-state index in [1.807, 2.05) is 30.3 Å². The maximum atomic E-state index is 12.7. The highest BCUT2D eigenvalue weighted by atomic mass is 79.9. The van der Waals surface area contributed by atoms with E-state index < -0.39 is 10.0 Å². The molecular formula is C19H21BrN2O3S. The lowest BCUT2D eigenvalue weighted by molar-refractivity contribution is -0.123. The highest BCUT2D eigenvalue weighted by Crippen LogP contribution is 2.27. The second-order valence-electron chi connectivity index (χ2n) is 6.37. The van der Waals surface area contributed by atoms with E-state index in [0.29, 0.717) is 25.9 Å². The van der Waals surface area contributed by atoms with Crippen LogP contribution >= 0.6 is 15.9 Å². The Bertz CT molecular complexity index is 861. The minimum atomic E-state index is -3.51. The Hall–Kier alpha value is -1.70. The van der Waals surface area contributed by atoms with Crippen LogP contribution in [0.25, 0.3) is 0 Å². The molecule has 138 valence electrons. The van der Waals surface area contributed by atoms with Crippen molar-refractivity contribution in [3.63, 3.8) is 0 Å². The number of benzene rings is 2. The smallest absolute Gasteiger partial charge is 0.243 e. The van der Waals surface area contributed by atoms with Crippen LogP contribution in [0.15, 0.2) is 64.0 Å². The molecule has 0 N–H and O–H groups in total. The molecule has 1 saturated heterocycles. The Morgan fingerprint density at radius 2 is 1.62 bits per heavy atom. The Balaban J connectivity index is 1.65. The molecule has 5 nitrogen and oxygen atoms in total. The molecule has 0 radical (unpaired) electrons. The first-order chi connectivity index (χ1) is 12.4. The zero-order valence-electron chi connectivity index (χ0n) is 14.5. The lowest BCUT2D eigenvalue weighted by atomic mass is 9.96. The molecule has 1 aliphatic rings. The molecule has 3 rings (SSSR count). The van der Waals surface area contributed by atoms with Crippen molar-refractivity contribution in [3.05, 3.63) is 59.1 Å². The number of hydrogen-bond acceptors (Lipinski definition) is 3. The predicted molar refractivity (Wildman–Crippen MR) is 105 cm³/mol. The van der Waals surface area contributed by atoms with Crippen molar-refractivity contribution in [1.82, 2.24) is 4.31 Å².